The van der Waals surface area contributed by atoms with Gasteiger partial charge in [-0.15, -0.1) is 0 Å². The second kappa shape index (κ2) is 3.12. The van der Waals surface area contributed by atoms with E-state index in [1.807, 2.05) is 0 Å². The summed E-state index contributed by atoms with van der Waals surface area (Å²) < 4.78 is 1.34. The van der Waals surface area contributed by atoms with Gasteiger partial charge in [0.25, 0.3) is 0 Å². The molecule has 0 unspecified atom stereocenters. The average Bonchev–Trinajstić information content (AvgIpc) is 2.33. The molecular formula is C6H8N4O2. The van der Waals surface area contributed by atoms with Crippen LogP contribution in [0.4, 0.5) is 5.95 Å². The monoisotopic (exact) mass is 168 g/mol. The van der Waals surface area contributed by atoms with Gasteiger partial charge in [-0.1, -0.05) is 6.58 Å². The first-order valence-electron chi connectivity index (χ1n) is 3.28. The van der Waals surface area contributed by atoms with Crippen molar-refractivity contribution in [2.75, 3.05) is 0 Å². The molecule has 12 heavy (non-hydrogen) atoms. The van der Waals surface area contributed by atoms with E-state index in [9.17, 15) is 10.1 Å². The van der Waals surface area contributed by atoms with Crippen molar-refractivity contribution in [2.45, 2.75) is 13.5 Å². The summed E-state index contributed by atoms with van der Waals surface area (Å²) in [5, 5.41) is 17.1. The Balaban J connectivity index is 2.91. The first-order valence-corrected chi connectivity index (χ1v) is 3.28. The minimum absolute atomic E-state index is 0.252. The second-order valence-corrected chi connectivity index (χ2v) is 2.47. The van der Waals surface area contributed by atoms with Crippen LogP contribution in [0.1, 0.15) is 6.92 Å². The normalized spacial score (nSPS) is 9.75. The van der Waals surface area contributed by atoms with Gasteiger partial charge < -0.3 is 10.1 Å². The molecule has 1 heterocycles. The molecule has 0 aliphatic heterocycles. The Hall–Kier alpha value is -1.72. The molecule has 0 aliphatic carbocycles. The third-order valence-electron chi connectivity index (χ3n) is 1.20. The summed E-state index contributed by atoms with van der Waals surface area (Å²) in [7, 11) is 0. The zero-order valence-corrected chi connectivity index (χ0v) is 6.60. The van der Waals surface area contributed by atoms with E-state index in [0.29, 0.717) is 6.54 Å². The molecule has 64 valence electrons. The quantitative estimate of drug-likeness (QED) is 0.379. The number of rotatable bonds is 3. The lowest BCUT2D eigenvalue weighted by atomic mass is 10.3. The number of nitro groups is 1. The van der Waals surface area contributed by atoms with Crippen LogP contribution in [0.25, 0.3) is 0 Å². The molecule has 0 atom stereocenters. The van der Waals surface area contributed by atoms with E-state index in [-0.39, 0.29) is 5.95 Å². The second-order valence-electron chi connectivity index (χ2n) is 2.47. The molecule has 0 saturated carbocycles. The van der Waals surface area contributed by atoms with Gasteiger partial charge >= 0.3 is 5.95 Å². The number of allylic oxidation sites excluding steroid dienone is 1. The van der Waals surface area contributed by atoms with Crippen molar-refractivity contribution in [2.24, 2.45) is 0 Å². The smallest absolute Gasteiger partial charge is 0.390 e. The molecule has 0 radical (unpaired) electrons. The summed E-state index contributed by atoms with van der Waals surface area (Å²) in [4.78, 5) is 9.74. The van der Waals surface area contributed by atoms with Crippen molar-refractivity contribution in [1.82, 2.24) is 14.8 Å². The molecule has 0 spiro atoms. The van der Waals surface area contributed by atoms with E-state index >= 15 is 0 Å². The molecule has 0 fully saturated rings. The summed E-state index contributed by atoms with van der Waals surface area (Å²) in [5.41, 5.74) is 0.818. The molecule has 1 aromatic heterocycles. The van der Waals surface area contributed by atoms with Gasteiger partial charge in [-0.05, 0) is 22.5 Å². The van der Waals surface area contributed by atoms with Gasteiger partial charge in [0.05, 0.1) is 11.6 Å². The van der Waals surface area contributed by atoms with Crippen molar-refractivity contribution in [3.05, 3.63) is 28.6 Å². The summed E-state index contributed by atoms with van der Waals surface area (Å²) >= 11 is 0. The number of hydrogen-bond acceptors (Lipinski definition) is 4. The van der Waals surface area contributed by atoms with Crippen LogP contribution in [0.15, 0.2) is 18.5 Å². The lowest BCUT2D eigenvalue weighted by Crippen LogP contribution is -2.03. The number of aromatic nitrogens is 3. The zero-order chi connectivity index (χ0) is 9.14. The van der Waals surface area contributed by atoms with Crippen molar-refractivity contribution in [3.63, 3.8) is 0 Å². The maximum Gasteiger partial charge on any atom is 0.458 e. The highest BCUT2D eigenvalue weighted by atomic mass is 16.6. The van der Waals surface area contributed by atoms with Crippen LogP contribution in [-0.2, 0) is 6.54 Å². The molecule has 6 nitrogen and oxygen atoms in total. The van der Waals surface area contributed by atoms with E-state index in [4.69, 9.17) is 0 Å². The fourth-order valence-corrected chi connectivity index (χ4v) is 0.793. The summed E-state index contributed by atoms with van der Waals surface area (Å²) in [6.45, 7) is 5.79. The number of hydrogen-bond donors (Lipinski definition) is 0. The van der Waals surface area contributed by atoms with Gasteiger partial charge in [0.2, 0.25) is 0 Å². The summed E-state index contributed by atoms with van der Waals surface area (Å²) in [5.74, 6) is -0.252. The Morgan fingerprint density at radius 1 is 1.92 bits per heavy atom. The lowest BCUT2D eigenvalue weighted by Gasteiger charge is -1.97. The summed E-state index contributed by atoms with van der Waals surface area (Å²) in [6.07, 6.45) is 1.31. The predicted octanol–water partition coefficient (Wildman–Crippen LogP) is 0.762. The van der Waals surface area contributed by atoms with Gasteiger partial charge in [-0.25, -0.2) is 4.57 Å². The molecule has 0 amide bonds. The van der Waals surface area contributed by atoms with Gasteiger partial charge in [0.15, 0.2) is 6.33 Å². The molecule has 0 aromatic carbocycles. The molecular weight excluding hydrogens is 160 g/mol. The minimum Gasteiger partial charge on any atom is -0.390 e. The summed E-state index contributed by atoms with van der Waals surface area (Å²) in [6, 6.07) is 0. The standard InChI is InChI=1S/C6H8N4O2/c1-5(2)3-9-4-7-8-6(9)10(11)12/h4H,1,3H2,2H3. The average molecular weight is 168 g/mol. The van der Waals surface area contributed by atoms with Gasteiger partial charge in [-0.2, -0.15) is 0 Å². The maximum absolute atomic E-state index is 10.3. The fraction of sp³-hybridized carbons (Fsp3) is 0.333. The SMILES string of the molecule is C=C(C)Cn1cnnc1[N+](=O)[O-]. The first-order chi connectivity index (χ1) is 5.61. The molecule has 6 heteroatoms. The Kier molecular flexibility index (Phi) is 2.18. The van der Waals surface area contributed by atoms with Crippen LogP contribution in [0.2, 0.25) is 0 Å². The van der Waals surface area contributed by atoms with Gasteiger partial charge in [-0.3, -0.25) is 0 Å². The Morgan fingerprint density at radius 2 is 2.58 bits per heavy atom. The van der Waals surface area contributed by atoms with E-state index < -0.39 is 4.92 Å². The van der Waals surface area contributed by atoms with Gasteiger partial charge in [0.1, 0.15) is 0 Å². The van der Waals surface area contributed by atoms with Crippen LogP contribution in [0.5, 0.6) is 0 Å². The molecule has 0 aliphatic rings. The highest BCUT2D eigenvalue weighted by molar-refractivity contribution is 5.05. The van der Waals surface area contributed by atoms with Crippen LogP contribution in [0, 0.1) is 10.1 Å². The first kappa shape index (κ1) is 8.38. The largest absolute Gasteiger partial charge is 0.458 e. The number of nitrogens with zero attached hydrogens (tertiary/aromatic N) is 4. The van der Waals surface area contributed by atoms with E-state index in [1.165, 1.54) is 10.9 Å². The lowest BCUT2D eigenvalue weighted by molar-refractivity contribution is -0.396. The van der Waals surface area contributed by atoms with Crippen molar-refractivity contribution < 1.29 is 4.92 Å². The maximum atomic E-state index is 10.3. The Morgan fingerprint density at radius 3 is 3.08 bits per heavy atom. The molecule has 0 N–H and O–H groups in total. The third kappa shape index (κ3) is 1.66. The predicted molar refractivity (Wildman–Crippen MR) is 41.5 cm³/mol. The van der Waals surface area contributed by atoms with E-state index in [0.717, 1.165) is 5.57 Å². The van der Waals surface area contributed by atoms with Crippen LogP contribution in [0.3, 0.4) is 0 Å². The van der Waals surface area contributed by atoms with Gasteiger partial charge in [0, 0.05) is 0 Å². The fourth-order valence-electron chi connectivity index (χ4n) is 0.793. The van der Waals surface area contributed by atoms with Crippen LogP contribution >= 0.6 is 0 Å². The molecule has 0 bridgehead atoms. The molecule has 0 saturated heterocycles. The minimum atomic E-state index is -0.573. The van der Waals surface area contributed by atoms with Crippen LogP contribution in [-0.4, -0.2) is 19.7 Å². The van der Waals surface area contributed by atoms with Crippen molar-refractivity contribution in [1.29, 1.82) is 0 Å². The van der Waals surface area contributed by atoms with E-state index in [1.54, 1.807) is 6.92 Å². The van der Waals surface area contributed by atoms with E-state index in [2.05, 4.69) is 16.8 Å². The van der Waals surface area contributed by atoms with Crippen molar-refractivity contribution >= 4 is 5.95 Å². The molecule has 1 rings (SSSR count). The topological polar surface area (TPSA) is 73.8 Å². The van der Waals surface area contributed by atoms with Crippen molar-refractivity contribution in [3.8, 4) is 0 Å². The Bertz CT molecular complexity index is 317. The highest BCUT2D eigenvalue weighted by Crippen LogP contribution is 2.06. The Labute approximate surface area is 68.7 Å². The third-order valence-corrected chi connectivity index (χ3v) is 1.20. The molecule has 1 aromatic rings. The van der Waals surface area contributed by atoms with Crippen LogP contribution < -0.4 is 0 Å². The highest BCUT2D eigenvalue weighted by Gasteiger charge is 2.14. The zero-order valence-electron chi connectivity index (χ0n) is 6.60.